The molecular weight excluding hydrogens is 313 g/mol. The molecule has 2 N–H and O–H groups in total. The second-order valence-electron chi connectivity index (χ2n) is 5.38. The molecule has 0 aliphatic rings. The van der Waals surface area contributed by atoms with Gasteiger partial charge in [0.25, 0.3) is 0 Å². The summed E-state index contributed by atoms with van der Waals surface area (Å²) in [5.41, 5.74) is 0. The van der Waals surface area contributed by atoms with E-state index in [1.54, 1.807) is 6.08 Å². The summed E-state index contributed by atoms with van der Waals surface area (Å²) < 4.78 is -0.564. The minimum absolute atomic E-state index is 0. The van der Waals surface area contributed by atoms with E-state index in [2.05, 4.69) is 6.92 Å². The number of aliphatic carboxylic acids is 2. The Hall–Kier alpha value is 0.236. The van der Waals surface area contributed by atoms with Gasteiger partial charge >= 0.3 is 57.4 Å². The van der Waals surface area contributed by atoms with Gasteiger partial charge in [-0.2, -0.15) is 0 Å². The van der Waals surface area contributed by atoms with Crippen LogP contribution in [-0.4, -0.2) is 45.4 Å². The van der Waals surface area contributed by atoms with Gasteiger partial charge in [-0.05, 0) is 32.8 Å². The standard InChI is InChI=1S/C15H27NO5.K/c1-4-5-6-7-8-9-10-16(11-17,12(2)14(18)19)13(3)15(20)21;/h9-10,12-13,17H,4-8,11H2,1-3H3,(H-,18,19,20,21);/q;+1/b10-9+;. The van der Waals surface area contributed by atoms with Gasteiger partial charge in [-0.3, -0.25) is 4.48 Å². The Morgan fingerprint density at radius 3 is 2.18 bits per heavy atom. The fourth-order valence-corrected chi connectivity index (χ4v) is 2.25. The first-order valence-electron chi connectivity index (χ1n) is 7.42. The van der Waals surface area contributed by atoms with Gasteiger partial charge < -0.3 is 20.1 Å². The molecule has 0 saturated heterocycles. The molecular formula is C15H27KNO5+. The van der Waals surface area contributed by atoms with E-state index < -0.39 is 35.2 Å². The molecule has 0 rings (SSSR count). The quantitative estimate of drug-likeness (QED) is 0.193. The zero-order valence-corrected chi connectivity index (χ0v) is 17.2. The molecule has 0 heterocycles. The number of carboxylic acid groups (broad SMARTS) is 2. The molecule has 0 spiro atoms. The SMILES string of the molecule is CCCCCC/C=C/[N+](CO)(C(C)C(=O)[O-])C(C)C(=O)O.[K+]. The summed E-state index contributed by atoms with van der Waals surface area (Å²) in [6.07, 6.45) is 8.26. The minimum Gasteiger partial charge on any atom is -0.544 e. The van der Waals surface area contributed by atoms with E-state index in [-0.39, 0.29) is 51.4 Å². The van der Waals surface area contributed by atoms with Crippen LogP contribution in [0.1, 0.15) is 52.9 Å². The molecule has 0 aliphatic heterocycles. The number of hydrogen-bond acceptors (Lipinski definition) is 4. The number of carbonyl (C=O) groups is 2. The zero-order valence-electron chi connectivity index (χ0n) is 14.1. The summed E-state index contributed by atoms with van der Waals surface area (Å²) in [6.45, 7) is 4.25. The third-order valence-electron chi connectivity index (χ3n) is 3.99. The van der Waals surface area contributed by atoms with E-state index in [1.807, 2.05) is 0 Å². The predicted molar refractivity (Wildman–Crippen MR) is 76.8 cm³/mol. The molecule has 0 aromatic carbocycles. The Balaban J connectivity index is 0. The number of aliphatic hydroxyl groups excluding tert-OH is 1. The Bertz CT molecular complexity index is 353. The molecule has 3 atom stereocenters. The van der Waals surface area contributed by atoms with Crippen molar-refractivity contribution in [3.05, 3.63) is 12.3 Å². The van der Waals surface area contributed by atoms with E-state index in [0.29, 0.717) is 0 Å². The van der Waals surface area contributed by atoms with Crippen LogP contribution in [0.15, 0.2) is 12.3 Å². The maximum atomic E-state index is 11.2. The Morgan fingerprint density at radius 2 is 1.77 bits per heavy atom. The maximum Gasteiger partial charge on any atom is 1.00 e. The largest absolute Gasteiger partial charge is 1.00 e. The summed E-state index contributed by atoms with van der Waals surface area (Å²) in [7, 11) is 0. The molecule has 7 heteroatoms. The smallest absolute Gasteiger partial charge is 0.544 e. The number of nitrogens with zero attached hydrogens (tertiary/aromatic N) is 1. The van der Waals surface area contributed by atoms with Crippen LogP contribution >= 0.6 is 0 Å². The first-order chi connectivity index (χ1) is 9.83. The van der Waals surface area contributed by atoms with Gasteiger partial charge in [0.15, 0.2) is 12.8 Å². The van der Waals surface area contributed by atoms with Crippen molar-refractivity contribution in [3.63, 3.8) is 0 Å². The molecule has 0 fully saturated rings. The summed E-state index contributed by atoms with van der Waals surface area (Å²) in [5.74, 6) is -2.54. The molecule has 0 saturated carbocycles. The number of rotatable bonds is 11. The number of unbranched alkanes of at least 4 members (excludes halogenated alkanes) is 4. The number of allylic oxidation sites excluding steroid dienone is 1. The van der Waals surface area contributed by atoms with Crippen LogP contribution < -0.4 is 56.5 Å². The molecule has 0 aromatic rings. The summed E-state index contributed by atoms with van der Waals surface area (Å²) in [5, 5.41) is 29.9. The van der Waals surface area contributed by atoms with Gasteiger partial charge in [-0.1, -0.05) is 26.2 Å². The molecule has 0 aromatic heterocycles. The second kappa shape index (κ2) is 12.6. The zero-order chi connectivity index (χ0) is 16.5. The van der Waals surface area contributed by atoms with Crippen molar-refractivity contribution in [1.29, 1.82) is 0 Å². The van der Waals surface area contributed by atoms with Crippen LogP contribution in [-0.2, 0) is 9.59 Å². The molecule has 3 unspecified atom stereocenters. The normalized spacial score (nSPS) is 16.5. The van der Waals surface area contributed by atoms with Crippen molar-refractivity contribution in [2.24, 2.45) is 0 Å². The molecule has 6 nitrogen and oxygen atoms in total. The summed E-state index contributed by atoms with van der Waals surface area (Å²) in [4.78, 5) is 22.4. The third-order valence-corrected chi connectivity index (χ3v) is 3.99. The fourth-order valence-electron chi connectivity index (χ4n) is 2.25. The van der Waals surface area contributed by atoms with E-state index in [4.69, 9.17) is 0 Å². The molecule has 0 aliphatic carbocycles. The topological polar surface area (TPSA) is 97.7 Å². The number of carbonyl (C=O) groups excluding carboxylic acids is 1. The molecule has 22 heavy (non-hydrogen) atoms. The predicted octanol–water partition coefficient (Wildman–Crippen LogP) is -2.15. The summed E-state index contributed by atoms with van der Waals surface area (Å²) >= 11 is 0. The minimum atomic E-state index is -1.38. The number of aliphatic hydroxyl groups is 1. The second-order valence-corrected chi connectivity index (χ2v) is 5.38. The Kier molecular flexibility index (Phi) is 14.1. The first-order valence-corrected chi connectivity index (χ1v) is 7.42. The van der Waals surface area contributed by atoms with Crippen molar-refractivity contribution in [2.75, 3.05) is 6.73 Å². The number of quaternary nitrogens is 1. The third kappa shape index (κ3) is 7.21. The van der Waals surface area contributed by atoms with E-state index in [9.17, 15) is 24.9 Å². The van der Waals surface area contributed by atoms with E-state index >= 15 is 0 Å². The van der Waals surface area contributed by atoms with Crippen molar-refractivity contribution in [3.8, 4) is 0 Å². The molecule has 122 valence electrons. The van der Waals surface area contributed by atoms with Gasteiger partial charge in [0, 0.05) is 0 Å². The van der Waals surface area contributed by atoms with Gasteiger partial charge in [-0.25, -0.2) is 4.79 Å². The fraction of sp³-hybridized carbons (Fsp3) is 0.733. The van der Waals surface area contributed by atoms with E-state index in [1.165, 1.54) is 20.0 Å². The maximum absolute atomic E-state index is 11.2. The van der Waals surface area contributed by atoms with Gasteiger partial charge in [-0.15, -0.1) is 0 Å². The van der Waals surface area contributed by atoms with Crippen LogP contribution in [0.3, 0.4) is 0 Å². The average molecular weight is 340 g/mol. The van der Waals surface area contributed by atoms with Crippen molar-refractivity contribution < 1.29 is 80.8 Å². The first kappa shape index (κ1) is 24.5. The molecule has 0 bridgehead atoms. The molecule has 0 amide bonds. The van der Waals surface area contributed by atoms with E-state index in [0.717, 1.165) is 32.1 Å². The van der Waals surface area contributed by atoms with Gasteiger partial charge in [0.2, 0.25) is 0 Å². The average Bonchev–Trinajstić information content (AvgIpc) is 2.45. The van der Waals surface area contributed by atoms with Crippen LogP contribution in [0, 0.1) is 0 Å². The van der Waals surface area contributed by atoms with Crippen molar-refractivity contribution in [1.82, 2.24) is 0 Å². The van der Waals surface area contributed by atoms with Crippen LogP contribution in [0.2, 0.25) is 0 Å². The Labute approximate surface area is 175 Å². The monoisotopic (exact) mass is 340 g/mol. The van der Waals surface area contributed by atoms with Gasteiger partial charge in [0.05, 0.1) is 12.2 Å². The van der Waals surface area contributed by atoms with Crippen molar-refractivity contribution >= 4 is 11.9 Å². The number of carboxylic acids is 2. The van der Waals surface area contributed by atoms with Crippen LogP contribution in [0.4, 0.5) is 0 Å². The van der Waals surface area contributed by atoms with Crippen LogP contribution in [0.5, 0.6) is 0 Å². The van der Waals surface area contributed by atoms with Gasteiger partial charge in [0.1, 0.15) is 6.04 Å². The summed E-state index contributed by atoms with van der Waals surface area (Å²) in [6, 6.07) is -2.22. The number of hydrogen-bond donors (Lipinski definition) is 2. The Morgan fingerprint density at radius 1 is 1.18 bits per heavy atom. The van der Waals surface area contributed by atoms with Crippen molar-refractivity contribution in [2.45, 2.75) is 65.0 Å². The van der Waals surface area contributed by atoms with Crippen LogP contribution in [0.25, 0.3) is 0 Å². The molecule has 0 radical (unpaired) electrons.